The van der Waals surface area contributed by atoms with Crippen molar-refractivity contribution in [2.24, 2.45) is 34.2 Å². The van der Waals surface area contributed by atoms with E-state index >= 15 is 0 Å². The Kier molecular flexibility index (Phi) is 5.23. The van der Waals surface area contributed by atoms with Crippen molar-refractivity contribution in [3.8, 4) is 0 Å². The van der Waals surface area contributed by atoms with Gasteiger partial charge in [-0.15, -0.1) is 0 Å². The first-order valence-corrected chi connectivity index (χ1v) is 9.07. The van der Waals surface area contributed by atoms with Gasteiger partial charge in [0.1, 0.15) is 0 Å². The van der Waals surface area contributed by atoms with Crippen LogP contribution in [0.2, 0.25) is 0 Å². The van der Waals surface area contributed by atoms with E-state index in [-0.39, 0.29) is 5.91 Å². The van der Waals surface area contributed by atoms with Crippen LogP contribution in [-0.2, 0) is 4.79 Å². The highest BCUT2D eigenvalue weighted by atomic mass is 16.2. The normalized spacial score (nSPS) is 19.8. The first-order chi connectivity index (χ1) is 12.0. The fourth-order valence-corrected chi connectivity index (χ4v) is 3.66. The molecule has 0 aromatic heterocycles. The number of hydrogen-bond donors (Lipinski definition) is 3. The lowest BCUT2D eigenvalue weighted by molar-refractivity contribution is -0.118. The summed E-state index contributed by atoms with van der Waals surface area (Å²) in [7, 11) is 1.74. The van der Waals surface area contributed by atoms with Crippen molar-refractivity contribution in [2.75, 3.05) is 12.4 Å². The van der Waals surface area contributed by atoms with E-state index < -0.39 is 6.04 Å². The van der Waals surface area contributed by atoms with Gasteiger partial charge in [0.25, 0.3) is 0 Å². The Morgan fingerprint density at radius 3 is 2.20 bits per heavy atom. The molecule has 2 aliphatic rings. The molecule has 1 atom stereocenters. The van der Waals surface area contributed by atoms with E-state index in [4.69, 9.17) is 11.5 Å². The average molecular weight is 340 g/mol. The van der Waals surface area contributed by atoms with Crippen molar-refractivity contribution < 1.29 is 4.79 Å². The van der Waals surface area contributed by atoms with Crippen LogP contribution in [0.3, 0.4) is 0 Å². The van der Waals surface area contributed by atoms with E-state index in [1.807, 2.05) is 31.2 Å². The predicted octanol–water partition coefficient (Wildman–Crippen LogP) is 2.67. The number of benzene rings is 1. The van der Waals surface area contributed by atoms with Crippen LogP contribution < -0.4 is 16.8 Å². The maximum atomic E-state index is 12.6. The molecule has 1 aromatic carbocycles. The van der Waals surface area contributed by atoms with Gasteiger partial charge in [-0.3, -0.25) is 9.79 Å². The van der Waals surface area contributed by atoms with Gasteiger partial charge in [-0.1, -0.05) is 12.1 Å². The lowest BCUT2D eigenvalue weighted by Gasteiger charge is -2.23. The monoisotopic (exact) mass is 340 g/mol. The summed E-state index contributed by atoms with van der Waals surface area (Å²) in [4.78, 5) is 16.8. The Morgan fingerprint density at radius 1 is 1.20 bits per heavy atom. The SMILES string of the molecule is CN=C(/C(C)=C\N)c1ccc(NC(=O)C(N)C(C2CC2)C2CC2)cc1. The second-order valence-corrected chi connectivity index (χ2v) is 7.27. The maximum Gasteiger partial charge on any atom is 0.241 e. The average Bonchev–Trinajstić information content (AvgIpc) is 3.51. The molecule has 1 aromatic rings. The van der Waals surface area contributed by atoms with Crippen molar-refractivity contribution in [3.63, 3.8) is 0 Å². The summed E-state index contributed by atoms with van der Waals surface area (Å²) in [6.07, 6.45) is 6.45. The van der Waals surface area contributed by atoms with Gasteiger partial charge in [0.2, 0.25) is 5.91 Å². The van der Waals surface area contributed by atoms with Crippen LogP contribution >= 0.6 is 0 Å². The van der Waals surface area contributed by atoms with Crippen molar-refractivity contribution in [1.82, 2.24) is 0 Å². The van der Waals surface area contributed by atoms with Gasteiger partial charge in [-0.05, 0) is 74.3 Å². The van der Waals surface area contributed by atoms with Crippen molar-refractivity contribution in [3.05, 3.63) is 41.6 Å². The summed E-state index contributed by atoms with van der Waals surface area (Å²) in [5.41, 5.74) is 15.4. The number of nitrogens with zero attached hydrogens (tertiary/aromatic N) is 1. The number of carbonyl (C=O) groups is 1. The Hall–Kier alpha value is -2.14. The fourth-order valence-electron chi connectivity index (χ4n) is 3.66. The molecule has 0 aliphatic heterocycles. The third kappa shape index (κ3) is 4.10. The summed E-state index contributed by atoms with van der Waals surface area (Å²) in [6, 6.07) is 7.25. The zero-order valence-corrected chi connectivity index (χ0v) is 15.0. The molecule has 5 heteroatoms. The minimum atomic E-state index is -0.408. The van der Waals surface area contributed by atoms with Gasteiger partial charge < -0.3 is 16.8 Å². The molecular formula is C20H28N4O. The molecule has 134 valence electrons. The van der Waals surface area contributed by atoms with Crippen LogP contribution in [0.25, 0.3) is 0 Å². The molecule has 0 radical (unpaired) electrons. The summed E-state index contributed by atoms with van der Waals surface area (Å²) in [5, 5.41) is 2.97. The van der Waals surface area contributed by atoms with Crippen molar-refractivity contribution in [1.29, 1.82) is 0 Å². The fraction of sp³-hybridized carbons (Fsp3) is 0.500. The number of nitrogens with two attached hydrogens (primary N) is 2. The molecule has 0 bridgehead atoms. The number of rotatable bonds is 7. The van der Waals surface area contributed by atoms with Gasteiger partial charge in [0.05, 0.1) is 11.8 Å². The number of allylic oxidation sites excluding steroid dienone is 1. The zero-order chi connectivity index (χ0) is 18.0. The van der Waals surface area contributed by atoms with Crippen LogP contribution in [0.1, 0.15) is 38.2 Å². The van der Waals surface area contributed by atoms with Crippen LogP contribution in [0.15, 0.2) is 41.0 Å². The van der Waals surface area contributed by atoms with Crippen LogP contribution in [0.5, 0.6) is 0 Å². The van der Waals surface area contributed by atoms with Crippen molar-refractivity contribution in [2.45, 2.75) is 38.6 Å². The van der Waals surface area contributed by atoms with E-state index in [1.54, 1.807) is 13.2 Å². The number of anilines is 1. The first kappa shape index (κ1) is 17.7. The van der Waals surface area contributed by atoms with Crippen LogP contribution in [-0.4, -0.2) is 24.7 Å². The van der Waals surface area contributed by atoms with Crippen LogP contribution in [0, 0.1) is 17.8 Å². The molecule has 2 aliphatic carbocycles. The second kappa shape index (κ2) is 7.40. The molecule has 5 nitrogen and oxygen atoms in total. The van der Waals surface area contributed by atoms with Crippen molar-refractivity contribution >= 4 is 17.3 Å². The molecule has 5 N–H and O–H groups in total. The number of carbonyl (C=O) groups excluding carboxylic acids is 1. The Bertz CT molecular complexity index is 672. The maximum absolute atomic E-state index is 12.6. The quantitative estimate of drug-likeness (QED) is 0.666. The number of aliphatic imine (C=N–C) groups is 1. The summed E-state index contributed by atoms with van der Waals surface area (Å²) in [5.74, 6) is 1.60. The largest absolute Gasteiger partial charge is 0.404 e. The Labute approximate surface area is 149 Å². The second-order valence-electron chi connectivity index (χ2n) is 7.27. The Morgan fingerprint density at radius 2 is 1.76 bits per heavy atom. The first-order valence-electron chi connectivity index (χ1n) is 9.07. The minimum Gasteiger partial charge on any atom is -0.404 e. The molecule has 2 fully saturated rings. The van der Waals surface area contributed by atoms with Gasteiger partial charge in [-0.2, -0.15) is 0 Å². The van der Waals surface area contributed by atoms with Gasteiger partial charge in [0, 0.05) is 18.3 Å². The highest BCUT2D eigenvalue weighted by Crippen LogP contribution is 2.50. The molecule has 1 amide bonds. The summed E-state index contributed by atoms with van der Waals surface area (Å²) in [6.45, 7) is 1.92. The smallest absolute Gasteiger partial charge is 0.241 e. The number of hydrogen-bond acceptors (Lipinski definition) is 4. The zero-order valence-electron chi connectivity index (χ0n) is 15.0. The lowest BCUT2D eigenvalue weighted by Crippen LogP contribution is -2.43. The minimum absolute atomic E-state index is 0.0704. The van der Waals surface area contributed by atoms with Crippen LogP contribution in [0.4, 0.5) is 5.69 Å². The highest BCUT2D eigenvalue weighted by Gasteiger charge is 2.46. The topological polar surface area (TPSA) is 93.5 Å². The van der Waals surface area contributed by atoms with E-state index in [2.05, 4.69) is 10.3 Å². The summed E-state index contributed by atoms with van der Waals surface area (Å²) >= 11 is 0. The standard InChI is InChI=1S/C20H28N4O/c1-12(11-21)19(23-2)15-7-9-16(10-8-15)24-20(25)18(22)17(13-3-4-13)14-5-6-14/h7-11,13-14,17-18H,3-6,21-22H2,1-2H3,(H,24,25)/b12-11-,23-19?. The number of nitrogens with one attached hydrogen (secondary N) is 1. The van der Waals surface area contributed by atoms with Gasteiger partial charge >= 0.3 is 0 Å². The molecule has 0 heterocycles. The van der Waals surface area contributed by atoms with E-state index in [1.165, 1.54) is 25.7 Å². The summed E-state index contributed by atoms with van der Waals surface area (Å²) < 4.78 is 0. The Balaban J connectivity index is 1.65. The van der Waals surface area contributed by atoms with Gasteiger partial charge in [-0.25, -0.2) is 0 Å². The predicted molar refractivity (Wildman–Crippen MR) is 102 cm³/mol. The van der Waals surface area contributed by atoms with Gasteiger partial charge in [0.15, 0.2) is 0 Å². The molecular weight excluding hydrogens is 312 g/mol. The molecule has 0 spiro atoms. The molecule has 0 saturated heterocycles. The third-order valence-electron chi connectivity index (χ3n) is 5.32. The third-order valence-corrected chi connectivity index (χ3v) is 5.32. The molecule has 3 rings (SSSR count). The van der Waals surface area contributed by atoms with E-state index in [9.17, 15) is 4.79 Å². The van der Waals surface area contributed by atoms with E-state index in [0.717, 1.165) is 22.5 Å². The highest BCUT2D eigenvalue weighted by molar-refractivity contribution is 6.12. The molecule has 1 unspecified atom stereocenters. The van der Waals surface area contributed by atoms with E-state index in [0.29, 0.717) is 17.8 Å². The molecule has 25 heavy (non-hydrogen) atoms. The lowest BCUT2D eigenvalue weighted by atomic mass is 9.89. The number of amides is 1. The molecule has 2 saturated carbocycles.